The van der Waals surface area contributed by atoms with Crippen molar-refractivity contribution in [3.8, 4) is 0 Å². The number of aromatic nitrogens is 1. The van der Waals surface area contributed by atoms with E-state index in [1.165, 1.54) is 12.3 Å². The van der Waals surface area contributed by atoms with Crippen LogP contribution >= 0.6 is 0 Å². The fourth-order valence-corrected chi connectivity index (χ4v) is 2.68. The predicted molar refractivity (Wildman–Crippen MR) is 63.9 cm³/mol. The molecule has 2 rings (SSSR count). The van der Waals surface area contributed by atoms with Gasteiger partial charge in [-0.2, -0.15) is 0 Å². The van der Waals surface area contributed by atoms with E-state index in [4.69, 9.17) is 5.73 Å². The van der Waals surface area contributed by atoms with Crippen molar-refractivity contribution in [1.82, 2.24) is 4.98 Å². The molecule has 84 valence electrons. The van der Waals surface area contributed by atoms with E-state index in [1.807, 2.05) is 0 Å². The average molecular weight is 236 g/mol. The van der Waals surface area contributed by atoms with Gasteiger partial charge in [-0.3, -0.25) is 4.98 Å². The van der Waals surface area contributed by atoms with Gasteiger partial charge in [0.15, 0.2) is 9.84 Å². The molecule has 0 bridgehead atoms. The van der Waals surface area contributed by atoms with Crippen molar-refractivity contribution in [2.24, 2.45) is 0 Å². The molecule has 5 heteroatoms. The highest BCUT2D eigenvalue weighted by Crippen LogP contribution is 2.25. The highest BCUT2D eigenvalue weighted by atomic mass is 32.2. The number of hydrogen-bond donors (Lipinski definition) is 1. The maximum atomic E-state index is 11.9. The second kappa shape index (κ2) is 3.75. The quantitative estimate of drug-likeness (QED) is 0.804. The highest BCUT2D eigenvalue weighted by molar-refractivity contribution is 7.91. The van der Waals surface area contributed by atoms with Crippen LogP contribution in [0.3, 0.4) is 0 Å². The topological polar surface area (TPSA) is 73.0 Å². The lowest BCUT2D eigenvalue weighted by atomic mass is 10.2. The molecule has 1 aromatic heterocycles. The summed E-state index contributed by atoms with van der Waals surface area (Å²) in [5.74, 6) is 0.0703. The van der Waals surface area contributed by atoms with Gasteiger partial charge in [0.1, 0.15) is 0 Å². The first-order valence-electron chi connectivity index (χ1n) is 4.92. The minimum absolute atomic E-state index is 0.0703. The summed E-state index contributed by atoms with van der Waals surface area (Å²) < 4.78 is 23.7. The van der Waals surface area contributed by atoms with Gasteiger partial charge < -0.3 is 5.73 Å². The third-order valence-corrected chi connectivity index (χ3v) is 4.26. The zero-order chi connectivity index (χ0) is 11.8. The minimum Gasteiger partial charge on any atom is -0.397 e. The lowest BCUT2D eigenvalue weighted by molar-refractivity contribution is 0.598. The van der Waals surface area contributed by atoms with Crippen LogP contribution in [0, 0.1) is 0 Å². The smallest absolute Gasteiger partial charge is 0.178 e. The highest BCUT2D eigenvalue weighted by Gasteiger charge is 2.15. The van der Waals surface area contributed by atoms with Crippen molar-refractivity contribution in [2.75, 3.05) is 11.5 Å². The van der Waals surface area contributed by atoms with Gasteiger partial charge in [0.05, 0.1) is 21.9 Å². The molecule has 1 aromatic carbocycles. The summed E-state index contributed by atoms with van der Waals surface area (Å²) in [6.07, 6.45) is 1.47. The number of rotatable bonds is 2. The van der Waals surface area contributed by atoms with Crippen molar-refractivity contribution in [1.29, 1.82) is 0 Å². The van der Waals surface area contributed by atoms with Crippen LogP contribution in [0.25, 0.3) is 10.9 Å². The molecule has 0 unspecified atom stereocenters. The van der Waals surface area contributed by atoms with Gasteiger partial charge in [0.2, 0.25) is 0 Å². The van der Waals surface area contributed by atoms with Crippen LogP contribution in [0.5, 0.6) is 0 Å². The zero-order valence-corrected chi connectivity index (χ0v) is 9.66. The Morgan fingerprint density at radius 2 is 2.06 bits per heavy atom. The minimum atomic E-state index is -3.24. The van der Waals surface area contributed by atoms with E-state index in [0.29, 0.717) is 21.5 Å². The summed E-state index contributed by atoms with van der Waals surface area (Å²) in [5, 5.41) is 0.587. The molecule has 0 spiro atoms. The van der Waals surface area contributed by atoms with Crippen LogP contribution in [-0.2, 0) is 9.84 Å². The summed E-state index contributed by atoms with van der Waals surface area (Å²) in [6.45, 7) is 1.62. The van der Waals surface area contributed by atoms with Crippen molar-refractivity contribution >= 4 is 26.4 Å². The Labute approximate surface area is 94.0 Å². The molecule has 2 N–H and O–H groups in total. The number of benzene rings is 1. The molecule has 2 aromatic rings. The molecule has 0 amide bonds. The summed E-state index contributed by atoms with van der Waals surface area (Å²) in [4.78, 5) is 4.40. The standard InChI is InChI=1S/C11H12N2O2S/c1-2-16(14,15)10-6-7-13-11-8(10)4-3-5-9(11)12/h3-7H,2,12H2,1H3. The molecular weight excluding hydrogens is 224 g/mol. The van der Waals surface area contributed by atoms with Gasteiger partial charge in [-0.25, -0.2) is 8.42 Å². The number of sulfone groups is 1. The number of fused-ring (bicyclic) bond motifs is 1. The van der Waals surface area contributed by atoms with Gasteiger partial charge in [-0.1, -0.05) is 19.1 Å². The monoisotopic (exact) mass is 236 g/mol. The summed E-state index contributed by atoms with van der Waals surface area (Å²) >= 11 is 0. The van der Waals surface area contributed by atoms with E-state index in [0.717, 1.165) is 0 Å². The molecule has 0 aliphatic heterocycles. The summed E-state index contributed by atoms with van der Waals surface area (Å²) in [6, 6.07) is 6.67. The fraction of sp³-hybridized carbons (Fsp3) is 0.182. The first-order chi connectivity index (χ1) is 7.56. The van der Waals surface area contributed by atoms with Gasteiger partial charge in [0, 0.05) is 11.6 Å². The van der Waals surface area contributed by atoms with Crippen LogP contribution in [0.4, 0.5) is 5.69 Å². The first-order valence-corrected chi connectivity index (χ1v) is 6.57. The van der Waals surface area contributed by atoms with Gasteiger partial charge in [0.25, 0.3) is 0 Å². The number of para-hydroxylation sites is 1. The Bertz CT molecular complexity index is 635. The van der Waals surface area contributed by atoms with Crippen LogP contribution < -0.4 is 5.73 Å². The maximum absolute atomic E-state index is 11.9. The van der Waals surface area contributed by atoms with Crippen LogP contribution in [0.2, 0.25) is 0 Å². The van der Waals surface area contributed by atoms with E-state index in [1.54, 1.807) is 25.1 Å². The van der Waals surface area contributed by atoms with Crippen molar-refractivity contribution < 1.29 is 8.42 Å². The number of nitrogens with two attached hydrogens (primary N) is 1. The summed E-state index contributed by atoms with van der Waals surface area (Å²) in [5.41, 5.74) is 6.78. The molecular formula is C11H12N2O2S. The number of nitrogens with zero attached hydrogens (tertiary/aromatic N) is 1. The lowest BCUT2D eigenvalue weighted by Gasteiger charge is -2.06. The Kier molecular flexibility index (Phi) is 2.55. The Hall–Kier alpha value is -1.62. The molecule has 1 heterocycles. The van der Waals surface area contributed by atoms with E-state index >= 15 is 0 Å². The third kappa shape index (κ3) is 1.63. The van der Waals surface area contributed by atoms with E-state index in [9.17, 15) is 8.42 Å². The van der Waals surface area contributed by atoms with E-state index in [2.05, 4.69) is 4.98 Å². The SMILES string of the molecule is CCS(=O)(=O)c1ccnc2c(N)cccc12. The normalized spacial score (nSPS) is 11.8. The number of nitrogen functional groups attached to an aromatic ring is 1. The van der Waals surface area contributed by atoms with Crippen LogP contribution in [0.1, 0.15) is 6.92 Å². The summed E-state index contributed by atoms with van der Waals surface area (Å²) in [7, 11) is -3.24. The lowest BCUT2D eigenvalue weighted by Crippen LogP contribution is -2.05. The van der Waals surface area contributed by atoms with Gasteiger partial charge >= 0.3 is 0 Å². The van der Waals surface area contributed by atoms with Crippen LogP contribution in [-0.4, -0.2) is 19.2 Å². The molecule has 0 radical (unpaired) electrons. The second-order valence-corrected chi connectivity index (χ2v) is 5.70. The van der Waals surface area contributed by atoms with E-state index < -0.39 is 9.84 Å². The predicted octanol–water partition coefficient (Wildman–Crippen LogP) is 1.61. The fourth-order valence-electron chi connectivity index (χ4n) is 1.60. The molecule has 0 saturated carbocycles. The number of hydrogen-bond acceptors (Lipinski definition) is 4. The zero-order valence-electron chi connectivity index (χ0n) is 8.84. The largest absolute Gasteiger partial charge is 0.397 e. The molecule has 0 fully saturated rings. The van der Waals surface area contributed by atoms with Crippen molar-refractivity contribution in [2.45, 2.75) is 11.8 Å². The van der Waals surface area contributed by atoms with Crippen molar-refractivity contribution in [3.63, 3.8) is 0 Å². The molecule has 0 aliphatic carbocycles. The van der Waals surface area contributed by atoms with Crippen LogP contribution in [0.15, 0.2) is 35.4 Å². The van der Waals surface area contributed by atoms with E-state index in [-0.39, 0.29) is 5.75 Å². The Balaban J connectivity index is 2.88. The number of pyridine rings is 1. The molecule has 0 atom stereocenters. The third-order valence-electron chi connectivity index (χ3n) is 2.48. The molecule has 0 aliphatic rings. The molecule has 16 heavy (non-hydrogen) atoms. The second-order valence-electron chi connectivity index (χ2n) is 3.46. The maximum Gasteiger partial charge on any atom is 0.178 e. The molecule has 0 saturated heterocycles. The van der Waals surface area contributed by atoms with Gasteiger partial charge in [-0.05, 0) is 12.1 Å². The number of anilines is 1. The molecule has 4 nitrogen and oxygen atoms in total. The van der Waals surface area contributed by atoms with Crippen molar-refractivity contribution in [3.05, 3.63) is 30.5 Å². The Morgan fingerprint density at radius 3 is 2.75 bits per heavy atom. The average Bonchev–Trinajstić information content (AvgIpc) is 2.29. The van der Waals surface area contributed by atoms with Gasteiger partial charge in [-0.15, -0.1) is 0 Å². The Morgan fingerprint density at radius 1 is 1.31 bits per heavy atom. The first kappa shape index (κ1) is 10.9.